The van der Waals surface area contributed by atoms with E-state index in [0.717, 1.165) is 36.2 Å². The maximum atomic E-state index is 5.04. The molecule has 3 rings (SSSR count). The van der Waals surface area contributed by atoms with Gasteiger partial charge in [-0.05, 0) is 105 Å². The van der Waals surface area contributed by atoms with E-state index in [4.69, 9.17) is 4.18 Å². The van der Waals surface area contributed by atoms with Crippen molar-refractivity contribution in [2.45, 2.75) is 111 Å². The Morgan fingerprint density at radius 1 is 1.00 bits per heavy atom. The molecule has 27 heavy (non-hydrogen) atoms. The van der Waals surface area contributed by atoms with Crippen LogP contribution in [0.2, 0.25) is 0 Å². The third kappa shape index (κ3) is 4.73. The van der Waals surface area contributed by atoms with Gasteiger partial charge in [-0.25, -0.2) is 0 Å². The summed E-state index contributed by atoms with van der Waals surface area (Å²) in [5.41, 5.74) is 1.18. The van der Waals surface area contributed by atoms with Crippen molar-refractivity contribution in [2.24, 2.45) is 40.4 Å². The summed E-state index contributed by atoms with van der Waals surface area (Å²) in [5, 5.41) is 0. The number of hydrogen-bond acceptors (Lipinski definition) is 2. The van der Waals surface area contributed by atoms with Gasteiger partial charge in [0.05, 0.1) is 6.61 Å². The second-order valence-corrected chi connectivity index (χ2v) is 11.5. The van der Waals surface area contributed by atoms with Gasteiger partial charge in [-0.3, -0.25) is 0 Å². The molecule has 0 N–H and O–H groups in total. The molecule has 158 valence electrons. The third-order valence-electron chi connectivity index (χ3n) is 9.54. The van der Waals surface area contributed by atoms with Crippen molar-refractivity contribution < 1.29 is 4.18 Å². The number of fused-ring (bicyclic) bond motifs is 1. The fourth-order valence-electron chi connectivity index (χ4n) is 8.00. The molecule has 0 radical (unpaired) electrons. The Morgan fingerprint density at radius 3 is 2.52 bits per heavy atom. The molecule has 3 aliphatic carbocycles. The first-order chi connectivity index (χ1) is 12.9. The minimum Gasteiger partial charge on any atom is -0.319 e. The van der Waals surface area contributed by atoms with Gasteiger partial charge >= 0.3 is 0 Å². The zero-order chi connectivity index (χ0) is 19.5. The Hall–Kier alpha value is 0.310. The fraction of sp³-hybridized carbons (Fsp3) is 1.00. The maximum Gasteiger partial charge on any atom is 0.0610 e. The predicted octanol–water partition coefficient (Wildman–Crippen LogP) is 8.09. The lowest BCUT2D eigenvalue weighted by Crippen LogP contribution is -2.40. The molecular formula is C25H46OS. The number of rotatable bonds is 8. The molecule has 3 saturated carbocycles. The van der Waals surface area contributed by atoms with Crippen LogP contribution in [-0.4, -0.2) is 6.61 Å². The highest BCUT2D eigenvalue weighted by atomic mass is 32.1. The van der Waals surface area contributed by atoms with Crippen LogP contribution in [0.1, 0.15) is 111 Å². The molecule has 0 spiro atoms. The fourth-order valence-corrected chi connectivity index (χ4v) is 8.13. The normalized spacial score (nSPS) is 39.9. The highest BCUT2D eigenvalue weighted by Crippen LogP contribution is 2.60. The lowest BCUT2D eigenvalue weighted by molar-refractivity contribution is 0.0104. The van der Waals surface area contributed by atoms with Crippen LogP contribution >= 0.6 is 12.9 Å². The molecule has 0 bridgehead atoms. The van der Waals surface area contributed by atoms with Crippen LogP contribution in [0.4, 0.5) is 0 Å². The SMILES string of the molecule is CC[C@@H](CC1CCCC2(C)C(CCCOS)CCC12)C1CCCCC1(C)C. The van der Waals surface area contributed by atoms with E-state index in [1.165, 1.54) is 83.5 Å². The lowest BCUT2D eigenvalue weighted by Gasteiger charge is -2.49. The summed E-state index contributed by atoms with van der Waals surface area (Å²) in [7, 11) is 0. The first kappa shape index (κ1) is 22.0. The summed E-state index contributed by atoms with van der Waals surface area (Å²) >= 11 is 3.94. The molecule has 0 aliphatic heterocycles. The van der Waals surface area contributed by atoms with Gasteiger partial charge in [-0.15, -0.1) is 0 Å². The van der Waals surface area contributed by atoms with Crippen LogP contribution in [0.25, 0.3) is 0 Å². The maximum absolute atomic E-state index is 5.04. The van der Waals surface area contributed by atoms with Crippen LogP contribution < -0.4 is 0 Å². The van der Waals surface area contributed by atoms with Crippen LogP contribution in [0.15, 0.2) is 0 Å². The summed E-state index contributed by atoms with van der Waals surface area (Å²) in [4.78, 5) is 0. The molecule has 0 amide bonds. The van der Waals surface area contributed by atoms with E-state index in [-0.39, 0.29) is 0 Å². The second-order valence-electron chi connectivity index (χ2n) is 11.3. The Labute approximate surface area is 175 Å². The van der Waals surface area contributed by atoms with E-state index in [1.807, 2.05) is 0 Å². The average Bonchev–Trinajstić information content (AvgIpc) is 2.97. The quantitative estimate of drug-likeness (QED) is 0.248. The smallest absolute Gasteiger partial charge is 0.0610 e. The molecular weight excluding hydrogens is 348 g/mol. The minimum atomic E-state index is 0.571. The van der Waals surface area contributed by atoms with Crippen LogP contribution in [0.5, 0.6) is 0 Å². The van der Waals surface area contributed by atoms with Crippen molar-refractivity contribution in [3.63, 3.8) is 0 Å². The Bertz CT molecular complexity index is 461. The first-order valence-electron chi connectivity index (χ1n) is 12.2. The van der Waals surface area contributed by atoms with Gasteiger partial charge < -0.3 is 4.18 Å². The Morgan fingerprint density at radius 2 is 1.81 bits per heavy atom. The summed E-state index contributed by atoms with van der Waals surface area (Å²) < 4.78 is 5.04. The van der Waals surface area contributed by atoms with E-state index in [2.05, 4.69) is 40.6 Å². The Kier molecular flexibility index (Phi) is 7.67. The molecule has 0 aromatic heterocycles. The third-order valence-corrected chi connectivity index (χ3v) is 9.72. The summed E-state index contributed by atoms with van der Waals surface area (Å²) in [6, 6.07) is 0. The minimum absolute atomic E-state index is 0.571. The van der Waals surface area contributed by atoms with Crippen molar-refractivity contribution >= 4 is 12.9 Å². The van der Waals surface area contributed by atoms with E-state index >= 15 is 0 Å². The molecule has 5 unspecified atom stereocenters. The molecule has 0 heterocycles. The van der Waals surface area contributed by atoms with E-state index < -0.39 is 0 Å². The Balaban J connectivity index is 1.66. The van der Waals surface area contributed by atoms with Crippen molar-refractivity contribution in [2.75, 3.05) is 6.61 Å². The number of thiol groups is 1. The van der Waals surface area contributed by atoms with Crippen molar-refractivity contribution in [1.29, 1.82) is 0 Å². The topological polar surface area (TPSA) is 9.23 Å². The molecule has 2 heteroatoms. The first-order valence-corrected chi connectivity index (χ1v) is 12.5. The van der Waals surface area contributed by atoms with Crippen LogP contribution in [0, 0.1) is 40.4 Å². The largest absolute Gasteiger partial charge is 0.319 e. The summed E-state index contributed by atoms with van der Waals surface area (Å²) in [6.07, 6.45) is 18.8. The van der Waals surface area contributed by atoms with Crippen molar-refractivity contribution in [3.8, 4) is 0 Å². The van der Waals surface area contributed by atoms with E-state index in [1.54, 1.807) is 0 Å². The average molecular weight is 395 g/mol. The highest BCUT2D eigenvalue weighted by molar-refractivity contribution is 7.75. The van der Waals surface area contributed by atoms with Gasteiger partial charge in [0.2, 0.25) is 0 Å². The zero-order valence-electron chi connectivity index (χ0n) is 18.6. The van der Waals surface area contributed by atoms with E-state index in [9.17, 15) is 0 Å². The van der Waals surface area contributed by atoms with E-state index in [0.29, 0.717) is 10.8 Å². The van der Waals surface area contributed by atoms with Crippen molar-refractivity contribution in [3.05, 3.63) is 0 Å². The molecule has 0 aromatic carbocycles. The zero-order valence-corrected chi connectivity index (χ0v) is 19.5. The number of hydrogen-bond donors (Lipinski definition) is 1. The molecule has 3 aliphatic rings. The second kappa shape index (κ2) is 9.41. The van der Waals surface area contributed by atoms with Gasteiger partial charge in [0, 0.05) is 0 Å². The molecule has 6 atom stereocenters. The van der Waals surface area contributed by atoms with Crippen LogP contribution in [0.3, 0.4) is 0 Å². The predicted molar refractivity (Wildman–Crippen MR) is 120 cm³/mol. The van der Waals surface area contributed by atoms with Gasteiger partial charge in [0.15, 0.2) is 0 Å². The van der Waals surface area contributed by atoms with Crippen molar-refractivity contribution in [1.82, 2.24) is 0 Å². The van der Waals surface area contributed by atoms with Gasteiger partial charge in [-0.2, -0.15) is 0 Å². The molecule has 3 fully saturated rings. The summed E-state index contributed by atoms with van der Waals surface area (Å²) in [5.74, 6) is 4.85. The van der Waals surface area contributed by atoms with Crippen LogP contribution in [-0.2, 0) is 4.18 Å². The van der Waals surface area contributed by atoms with Gasteiger partial charge in [-0.1, -0.05) is 59.8 Å². The molecule has 0 aromatic rings. The standard InChI is InChI=1S/C25H46OS/c1-5-19(22-12-6-7-15-24(22,2)3)18-20-10-8-16-25(4)21(11-9-17-26-27)13-14-23(20)25/h19-23,27H,5-18H2,1-4H3/t19-,20?,21?,22?,23?,25?/m0/s1. The summed E-state index contributed by atoms with van der Waals surface area (Å²) in [6.45, 7) is 11.1. The van der Waals surface area contributed by atoms with Gasteiger partial charge in [0.25, 0.3) is 0 Å². The highest BCUT2D eigenvalue weighted by Gasteiger charge is 2.51. The molecule has 0 saturated heterocycles. The van der Waals surface area contributed by atoms with Gasteiger partial charge in [0.1, 0.15) is 0 Å². The molecule has 1 nitrogen and oxygen atoms in total. The monoisotopic (exact) mass is 394 g/mol. The lowest BCUT2D eigenvalue weighted by atomic mass is 9.56.